The fourth-order valence-electron chi connectivity index (χ4n) is 3.12. The number of benzene rings is 2. The Labute approximate surface area is 158 Å². The van der Waals surface area contributed by atoms with Gasteiger partial charge in [0, 0.05) is 21.3 Å². The van der Waals surface area contributed by atoms with Gasteiger partial charge in [0.1, 0.15) is 5.82 Å². The van der Waals surface area contributed by atoms with Gasteiger partial charge in [0.05, 0.1) is 17.6 Å². The van der Waals surface area contributed by atoms with Crippen LogP contribution in [-0.2, 0) is 12.0 Å². The predicted molar refractivity (Wildman–Crippen MR) is 96.5 cm³/mol. The summed E-state index contributed by atoms with van der Waals surface area (Å²) in [5, 5.41) is 14.0. The highest BCUT2D eigenvalue weighted by atomic mass is 35.5. The molecular formula is C18H14Cl2FN3O2. The number of halogens is 3. The van der Waals surface area contributed by atoms with Gasteiger partial charge in [0.25, 0.3) is 5.89 Å². The number of nitrogens with two attached hydrogens (primary N) is 1. The van der Waals surface area contributed by atoms with Crippen LogP contribution in [0.4, 0.5) is 10.1 Å². The summed E-state index contributed by atoms with van der Waals surface area (Å²) < 4.78 is 19.5. The van der Waals surface area contributed by atoms with E-state index in [0.29, 0.717) is 32.7 Å². The Morgan fingerprint density at radius 2 is 1.88 bits per heavy atom. The van der Waals surface area contributed by atoms with Gasteiger partial charge in [0.15, 0.2) is 5.82 Å². The Balaban J connectivity index is 1.75. The molecule has 1 heterocycles. The second-order valence-corrected chi connectivity index (χ2v) is 7.15. The summed E-state index contributed by atoms with van der Waals surface area (Å²) in [6.45, 7) is -0.246. The van der Waals surface area contributed by atoms with Crippen molar-refractivity contribution >= 4 is 28.9 Å². The lowest BCUT2D eigenvalue weighted by Crippen LogP contribution is -2.13. The van der Waals surface area contributed by atoms with Crippen molar-refractivity contribution in [2.75, 3.05) is 5.73 Å². The maximum atomic E-state index is 14.2. The van der Waals surface area contributed by atoms with Crippen LogP contribution in [-0.4, -0.2) is 15.2 Å². The lowest BCUT2D eigenvalue weighted by atomic mass is 9.94. The van der Waals surface area contributed by atoms with Crippen LogP contribution >= 0.6 is 23.2 Å². The van der Waals surface area contributed by atoms with Crippen LogP contribution in [0.25, 0.3) is 11.5 Å². The van der Waals surface area contributed by atoms with Crippen molar-refractivity contribution in [2.45, 2.75) is 24.9 Å². The zero-order chi connectivity index (χ0) is 18.5. The van der Waals surface area contributed by atoms with Gasteiger partial charge in [-0.3, -0.25) is 0 Å². The number of nitrogen functional groups attached to an aromatic ring is 1. The molecule has 2 aromatic carbocycles. The van der Waals surface area contributed by atoms with Gasteiger partial charge in [-0.25, -0.2) is 4.39 Å². The van der Waals surface area contributed by atoms with Crippen LogP contribution in [0.2, 0.25) is 10.0 Å². The fourth-order valence-corrected chi connectivity index (χ4v) is 3.98. The van der Waals surface area contributed by atoms with E-state index >= 15 is 0 Å². The molecular weight excluding hydrogens is 380 g/mol. The Hall–Kier alpha value is -2.15. The predicted octanol–water partition coefficient (Wildman–Crippen LogP) is 4.34. The number of rotatable bonds is 4. The topological polar surface area (TPSA) is 85.2 Å². The van der Waals surface area contributed by atoms with Crippen LogP contribution in [0.3, 0.4) is 0 Å². The van der Waals surface area contributed by atoms with E-state index in [9.17, 15) is 4.39 Å². The minimum atomic E-state index is -0.550. The third-order valence-corrected chi connectivity index (χ3v) is 5.19. The first-order valence-electron chi connectivity index (χ1n) is 7.93. The van der Waals surface area contributed by atoms with Crippen LogP contribution in [0, 0.1) is 5.82 Å². The summed E-state index contributed by atoms with van der Waals surface area (Å²) >= 11 is 12.7. The van der Waals surface area contributed by atoms with Gasteiger partial charge >= 0.3 is 0 Å². The number of aromatic nitrogens is 2. The molecule has 0 radical (unpaired) electrons. The first-order valence-corrected chi connectivity index (χ1v) is 8.69. The van der Waals surface area contributed by atoms with Gasteiger partial charge in [-0.2, -0.15) is 4.98 Å². The molecule has 5 nitrogen and oxygen atoms in total. The molecule has 0 atom stereocenters. The van der Waals surface area contributed by atoms with E-state index in [1.54, 1.807) is 18.2 Å². The van der Waals surface area contributed by atoms with Gasteiger partial charge in [0.2, 0.25) is 0 Å². The van der Waals surface area contributed by atoms with Crippen molar-refractivity contribution in [3.63, 3.8) is 0 Å². The third kappa shape index (κ3) is 2.74. The van der Waals surface area contributed by atoms with Crippen molar-refractivity contribution in [3.05, 3.63) is 63.1 Å². The molecule has 1 aliphatic carbocycles. The second kappa shape index (κ2) is 6.23. The second-order valence-electron chi connectivity index (χ2n) is 6.34. The molecule has 0 spiro atoms. The van der Waals surface area contributed by atoms with Crippen molar-refractivity contribution in [3.8, 4) is 11.5 Å². The summed E-state index contributed by atoms with van der Waals surface area (Å²) in [6.07, 6.45) is 1.50. The van der Waals surface area contributed by atoms with E-state index in [0.717, 1.165) is 12.8 Å². The van der Waals surface area contributed by atoms with Gasteiger partial charge in [-0.1, -0.05) is 34.4 Å². The van der Waals surface area contributed by atoms with Gasteiger partial charge in [-0.05, 0) is 42.7 Å². The number of aliphatic hydroxyl groups is 1. The molecule has 3 N–H and O–H groups in total. The lowest BCUT2D eigenvalue weighted by molar-refractivity contribution is 0.281. The zero-order valence-electron chi connectivity index (χ0n) is 13.5. The van der Waals surface area contributed by atoms with Crippen molar-refractivity contribution in [2.24, 2.45) is 0 Å². The molecule has 134 valence electrons. The molecule has 0 unspecified atom stereocenters. The van der Waals surface area contributed by atoms with E-state index in [-0.39, 0.29) is 18.1 Å². The number of nitrogens with zero attached hydrogens (tertiary/aromatic N) is 2. The van der Waals surface area contributed by atoms with Crippen LogP contribution in [0.1, 0.15) is 29.8 Å². The quantitative estimate of drug-likeness (QED) is 0.644. The highest BCUT2D eigenvalue weighted by Crippen LogP contribution is 2.56. The molecule has 1 aliphatic rings. The minimum Gasteiger partial charge on any atom is -0.399 e. The van der Waals surface area contributed by atoms with Crippen molar-refractivity contribution < 1.29 is 14.0 Å². The monoisotopic (exact) mass is 393 g/mol. The molecule has 1 saturated carbocycles. The SMILES string of the molecule is Nc1cc(Cl)c(C2(c3noc(-c4ccc(CO)cc4F)n3)CC2)c(Cl)c1. The van der Waals surface area contributed by atoms with Crippen LogP contribution in [0.15, 0.2) is 34.9 Å². The van der Waals surface area contributed by atoms with Crippen LogP contribution < -0.4 is 5.73 Å². The van der Waals surface area contributed by atoms with Crippen molar-refractivity contribution in [1.29, 1.82) is 0 Å². The molecule has 26 heavy (non-hydrogen) atoms. The summed E-state index contributed by atoms with van der Waals surface area (Å²) in [7, 11) is 0. The van der Waals surface area contributed by atoms with E-state index in [4.69, 9.17) is 38.6 Å². The largest absolute Gasteiger partial charge is 0.399 e. The average Bonchev–Trinajstić information content (AvgIpc) is 3.22. The Kier molecular flexibility index (Phi) is 4.14. The first-order chi connectivity index (χ1) is 12.4. The highest BCUT2D eigenvalue weighted by Gasteiger charge is 2.52. The molecule has 0 amide bonds. The number of anilines is 1. The summed E-state index contributed by atoms with van der Waals surface area (Å²) in [6, 6.07) is 7.61. The summed E-state index contributed by atoms with van der Waals surface area (Å²) in [5.41, 5.74) is 7.04. The maximum Gasteiger partial charge on any atom is 0.260 e. The smallest absolute Gasteiger partial charge is 0.260 e. The molecule has 1 fully saturated rings. The lowest BCUT2D eigenvalue weighted by Gasteiger charge is -2.15. The third-order valence-electron chi connectivity index (χ3n) is 4.59. The molecule has 0 saturated heterocycles. The van der Waals surface area contributed by atoms with Crippen LogP contribution in [0.5, 0.6) is 0 Å². The summed E-state index contributed by atoms with van der Waals surface area (Å²) in [5.74, 6) is -0.0668. The molecule has 3 aromatic rings. The van der Waals surface area contributed by atoms with Crippen molar-refractivity contribution in [1.82, 2.24) is 10.1 Å². The molecule has 1 aromatic heterocycles. The molecule has 8 heteroatoms. The van der Waals surface area contributed by atoms with Gasteiger partial charge in [-0.15, -0.1) is 0 Å². The zero-order valence-corrected chi connectivity index (χ0v) is 15.0. The van der Waals surface area contributed by atoms with E-state index < -0.39 is 11.2 Å². The summed E-state index contributed by atoms with van der Waals surface area (Å²) in [4.78, 5) is 4.38. The Morgan fingerprint density at radius 3 is 2.46 bits per heavy atom. The fraction of sp³-hybridized carbons (Fsp3) is 0.222. The molecule has 0 bridgehead atoms. The van der Waals surface area contributed by atoms with E-state index in [1.165, 1.54) is 12.1 Å². The number of aliphatic hydroxyl groups excluding tert-OH is 1. The van der Waals surface area contributed by atoms with E-state index in [2.05, 4.69) is 10.1 Å². The molecule has 0 aliphatic heterocycles. The number of hydrogen-bond donors (Lipinski definition) is 2. The number of hydrogen-bond acceptors (Lipinski definition) is 5. The standard InChI is InChI=1S/C18H14Cl2FN3O2/c19-12-6-10(22)7-13(20)15(12)18(3-4-18)17-23-16(26-24-17)11-2-1-9(8-25)5-14(11)21/h1-2,5-7,25H,3-4,8,22H2. The maximum absolute atomic E-state index is 14.2. The highest BCUT2D eigenvalue weighted by molar-refractivity contribution is 6.36. The first kappa shape index (κ1) is 17.3. The minimum absolute atomic E-state index is 0.0657. The van der Waals surface area contributed by atoms with Gasteiger partial charge < -0.3 is 15.4 Å². The average molecular weight is 394 g/mol. The Morgan fingerprint density at radius 1 is 1.19 bits per heavy atom. The molecule has 4 rings (SSSR count). The normalized spacial score (nSPS) is 15.2. The Bertz CT molecular complexity index is 979. The van der Waals surface area contributed by atoms with E-state index in [1.807, 2.05) is 0 Å².